The number of amides is 1. The van der Waals surface area contributed by atoms with Crippen LogP contribution >= 0.6 is 0 Å². The van der Waals surface area contributed by atoms with Gasteiger partial charge >= 0.3 is 0 Å². The average molecular weight is 393 g/mol. The molecule has 2 aliphatic rings. The summed E-state index contributed by atoms with van der Waals surface area (Å²) in [4.78, 5) is 17.9. The fourth-order valence-corrected chi connectivity index (χ4v) is 5.03. The van der Waals surface area contributed by atoms with E-state index in [2.05, 4.69) is 43.0 Å². The van der Waals surface area contributed by atoms with Crippen LogP contribution in [0.2, 0.25) is 0 Å². The maximum absolute atomic E-state index is 13.6. The molecule has 1 aliphatic heterocycles. The van der Waals surface area contributed by atoms with E-state index in [1.165, 1.54) is 11.1 Å². The molecule has 0 saturated carbocycles. The molecule has 1 aliphatic carbocycles. The maximum atomic E-state index is 13.6. The lowest BCUT2D eigenvalue weighted by molar-refractivity contribution is -0.131. The van der Waals surface area contributed by atoms with Gasteiger partial charge in [0.25, 0.3) is 0 Å². The van der Waals surface area contributed by atoms with Gasteiger partial charge in [-0.1, -0.05) is 62.4 Å². The molecule has 2 atom stereocenters. The summed E-state index contributed by atoms with van der Waals surface area (Å²) in [7, 11) is 1.94. The third kappa shape index (κ3) is 3.96. The predicted molar refractivity (Wildman–Crippen MR) is 117 cm³/mol. The first kappa shape index (κ1) is 20.1. The fraction of sp³-hybridized carbons (Fsp3) is 0.480. The molecular formula is C25H32N2O2. The highest BCUT2D eigenvalue weighted by Crippen LogP contribution is 2.45. The van der Waals surface area contributed by atoms with Crippen molar-refractivity contribution >= 4 is 5.91 Å². The zero-order chi connectivity index (χ0) is 20.5. The fourth-order valence-electron chi connectivity index (χ4n) is 5.03. The van der Waals surface area contributed by atoms with Gasteiger partial charge in [-0.15, -0.1) is 0 Å². The summed E-state index contributed by atoms with van der Waals surface area (Å²) in [6.07, 6.45) is 1.62. The van der Waals surface area contributed by atoms with Crippen molar-refractivity contribution in [3.05, 3.63) is 59.7 Å². The molecule has 1 saturated heterocycles. The molecule has 2 aromatic carbocycles. The lowest BCUT2D eigenvalue weighted by atomic mass is 9.95. The monoisotopic (exact) mass is 392 g/mol. The minimum absolute atomic E-state index is 0.163. The Balaban J connectivity index is 1.57. The van der Waals surface area contributed by atoms with Gasteiger partial charge in [-0.25, -0.2) is 0 Å². The number of fused-ring (bicyclic) bond motifs is 3. The van der Waals surface area contributed by atoms with Crippen molar-refractivity contribution in [2.75, 3.05) is 26.7 Å². The summed E-state index contributed by atoms with van der Waals surface area (Å²) in [6.45, 7) is 6.78. The molecule has 29 heavy (non-hydrogen) atoms. The van der Waals surface area contributed by atoms with Gasteiger partial charge in [-0.05, 0) is 41.0 Å². The molecule has 0 radical (unpaired) electrons. The standard InChI is InChI=1S/C25H32N2O2/c1-17(2)14-18(27-13-12-19(28)16-27)15-26(3)25(29)24-22-10-6-4-8-20(22)21-9-5-7-11-23(21)24/h4-11,17-19,24,28H,12-16H2,1-3H3/t18?,19-/m0/s1. The topological polar surface area (TPSA) is 43.8 Å². The average Bonchev–Trinajstić information content (AvgIpc) is 3.28. The van der Waals surface area contributed by atoms with Gasteiger partial charge in [0.1, 0.15) is 0 Å². The molecule has 2 aromatic rings. The summed E-state index contributed by atoms with van der Waals surface area (Å²) in [5.41, 5.74) is 4.58. The maximum Gasteiger partial charge on any atom is 0.234 e. The zero-order valence-electron chi connectivity index (χ0n) is 17.7. The van der Waals surface area contributed by atoms with E-state index in [9.17, 15) is 9.90 Å². The number of likely N-dealkylation sites (N-methyl/N-ethyl adjacent to an activating group) is 1. The molecular weight excluding hydrogens is 360 g/mol. The van der Waals surface area contributed by atoms with Crippen LogP contribution in [-0.4, -0.2) is 59.6 Å². The molecule has 1 unspecified atom stereocenters. The highest BCUT2D eigenvalue weighted by molar-refractivity contribution is 5.96. The van der Waals surface area contributed by atoms with Crippen LogP contribution in [0.3, 0.4) is 0 Å². The van der Waals surface area contributed by atoms with E-state index >= 15 is 0 Å². The Morgan fingerprint density at radius 2 is 1.69 bits per heavy atom. The number of β-amino-alcohol motifs (C(OH)–C–C–N with tert-alkyl or cyclic N) is 1. The van der Waals surface area contributed by atoms with Crippen LogP contribution in [0, 0.1) is 5.92 Å². The minimum Gasteiger partial charge on any atom is -0.392 e. The Bertz CT molecular complexity index is 833. The van der Waals surface area contributed by atoms with Crippen LogP contribution in [0.1, 0.15) is 43.7 Å². The Labute approximate surface area is 174 Å². The molecule has 0 bridgehead atoms. The highest BCUT2D eigenvalue weighted by Gasteiger charge is 2.36. The highest BCUT2D eigenvalue weighted by atomic mass is 16.3. The molecule has 1 fully saturated rings. The predicted octanol–water partition coefficient (Wildman–Crippen LogP) is 3.74. The van der Waals surface area contributed by atoms with E-state index in [1.807, 2.05) is 36.2 Å². The van der Waals surface area contributed by atoms with Gasteiger partial charge < -0.3 is 10.0 Å². The first-order valence-corrected chi connectivity index (χ1v) is 10.8. The number of hydrogen-bond donors (Lipinski definition) is 1. The van der Waals surface area contributed by atoms with E-state index in [-0.39, 0.29) is 24.0 Å². The third-order valence-electron chi connectivity index (χ3n) is 6.40. The molecule has 0 aromatic heterocycles. The Morgan fingerprint density at radius 1 is 1.10 bits per heavy atom. The molecule has 1 amide bonds. The Kier molecular flexibility index (Phi) is 5.75. The van der Waals surface area contributed by atoms with Crippen LogP contribution < -0.4 is 0 Å². The number of carbonyl (C=O) groups excluding carboxylic acids is 1. The van der Waals surface area contributed by atoms with E-state index in [1.54, 1.807) is 0 Å². The van der Waals surface area contributed by atoms with Crippen molar-refractivity contribution in [2.45, 2.75) is 44.8 Å². The van der Waals surface area contributed by atoms with Gasteiger partial charge in [-0.3, -0.25) is 9.69 Å². The Hall–Kier alpha value is -2.17. The lowest BCUT2D eigenvalue weighted by Crippen LogP contribution is -2.45. The zero-order valence-corrected chi connectivity index (χ0v) is 17.7. The molecule has 4 heteroatoms. The molecule has 4 rings (SSSR count). The number of benzene rings is 2. The second-order valence-electron chi connectivity index (χ2n) is 9.05. The second-order valence-corrected chi connectivity index (χ2v) is 9.05. The normalized spacial score (nSPS) is 20.0. The quantitative estimate of drug-likeness (QED) is 0.814. The summed E-state index contributed by atoms with van der Waals surface area (Å²) < 4.78 is 0. The number of nitrogens with zero attached hydrogens (tertiary/aromatic N) is 2. The van der Waals surface area contributed by atoms with Crippen molar-refractivity contribution in [1.29, 1.82) is 0 Å². The number of likely N-dealkylation sites (tertiary alicyclic amines) is 1. The number of hydrogen-bond acceptors (Lipinski definition) is 3. The van der Waals surface area contributed by atoms with E-state index in [0.29, 0.717) is 19.0 Å². The first-order chi connectivity index (χ1) is 14.0. The molecule has 1 N–H and O–H groups in total. The second kappa shape index (κ2) is 8.29. The summed E-state index contributed by atoms with van der Waals surface area (Å²) >= 11 is 0. The summed E-state index contributed by atoms with van der Waals surface area (Å²) in [5, 5.41) is 9.99. The molecule has 0 spiro atoms. The number of aliphatic hydroxyl groups is 1. The van der Waals surface area contributed by atoms with Crippen LogP contribution in [0.5, 0.6) is 0 Å². The van der Waals surface area contributed by atoms with Crippen molar-refractivity contribution < 1.29 is 9.90 Å². The van der Waals surface area contributed by atoms with Crippen molar-refractivity contribution in [3.8, 4) is 11.1 Å². The van der Waals surface area contributed by atoms with E-state index in [4.69, 9.17) is 0 Å². The van der Waals surface area contributed by atoms with Crippen molar-refractivity contribution in [2.24, 2.45) is 5.92 Å². The van der Waals surface area contributed by atoms with E-state index in [0.717, 1.165) is 30.5 Å². The minimum atomic E-state index is -0.237. The third-order valence-corrected chi connectivity index (χ3v) is 6.40. The van der Waals surface area contributed by atoms with Crippen molar-refractivity contribution in [3.63, 3.8) is 0 Å². The van der Waals surface area contributed by atoms with Gasteiger partial charge in [-0.2, -0.15) is 0 Å². The van der Waals surface area contributed by atoms with Gasteiger partial charge in [0.2, 0.25) is 5.91 Å². The summed E-state index contributed by atoms with van der Waals surface area (Å²) in [6, 6.07) is 16.8. The van der Waals surface area contributed by atoms with Crippen LogP contribution in [0.4, 0.5) is 0 Å². The molecule has 1 heterocycles. The van der Waals surface area contributed by atoms with Crippen molar-refractivity contribution in [1.82, 2.24) is 9.80 Å². The van der Waals surface area contributed by atoms with Crippen LogP contribution in [0.25, 0.3) is 11.1 Å². The Morgan fingerprint density at radius 3 is 2.21 bits per heavy atom. The number of aliphatic hydroxyl groups excluding tert-OH is 1. The van der Waals surface area contributed by atoms with Crippen LogP contribution in [0.15, 0.2) is 48.5 Å². The number of rotatable bonds is 6. The number of carbonyl (C=O) groups is 1. The van der Waals surface area contributed by atoms with E-state index < -0.39 is 0 Å². The lowest BCUT2D eigenvalue weighted by Gasteiger charge is -2.33. The molecule has 154 valence electrons. The van der Waals surface area contributed by atoms with Gasteiger partial charge in [0, 0.05) is 32.7 Å². The largest absolute Gasteiger partial charge is 0.392 e. The first-order valence-electron chi connectivity index (χ1n) is 10.8. The summed E-state index contributed by atoms with van der Waals surface area (Å²) in [5.74, 6) is 0.487. The van der Waals surface area contributed by atoms with Crippen LogP contribution in [-0.2, 0) is 4.79 Å². The van der Waals surface area contributed by atoms with Gasteiger partial charge in [0.15, 0.2) is 0 Å². The van der Waals surface area contributed by atoms with Gasteiger partial charge in [0.05, 0.1) is 12.0 Å². The smallest absolute Gasteiger partial charge is 0.234 e. The molecule has 4 nitrogen and oxygen atoms in total. The SMILES string of the molecule is CC(C)CC(CN(C)C(=O)C1c2ccccc2-c2ccccc21)N1CC[C@H](O)C1.